The maximum absolute atomic E-state index is 13.4. The van der Waals surface area contributed by atoms with Gasteiger partial charge in [0.05, 0.1) is 0 Å². The quantitative estimate of drug-likeness (QED) is 0.917. The van der Waals surface area contributed by atoms with Crippen molar-refractivity contribution in [2.45, 2.75) is 32.0 Å². The van der Waals surface area contributed by atoms with Gasteiger partial charge in [0.15, 0.2) is 0 Å². The van der Waals surface area contributed by atoms with E-state index in [2.05, 4.69) is 5.32 Å². The molecule has 1 aromatic rings. The maximum Gasteiger partial charge on any atom is 0.408 e. The summed E-state index contributed by atoms with van der Waals surface area (Å²) in [5, 5.41) is 3.09. The van der Waals surface area contributed by atoms with Gasteiger partial charge in [-0.15, -0.1) is 0 Å². The van der Waals surface area contributed by atoms with Gasteiger partial charge in [0, 0.05) is 26.2 Å². The van der Waals surface area contributed by atoms with Gasteiger partial charge >= 0.3 is 6.18 Å². The molecular weight excluding hydrogens is 265 g/mol. The number of nitrogens with zero attached hydrogens (tertiary/aromatic N) is 1. The highest BCUT2D eigenvalue weighted by Crippen LogP contribution is 2.38. The van der Waals surface area contributed by atoms with E-state index in [-0.39, 0.29) is 0 Å². The van der Waals surface area contributed by atoms with E-state index < -0.39 is 12.2 Å². The zero-order valence-electron chi connectivity index (χ0n) is 11.9. The van der Waals surface area contributed by atoms with Crippen molar-refractivity contribution in [2.24, 2.45) is 0 Å². The lowest BCUT2D eigenvalue weighted by atomic mass is 9.98. The third-order valence-electron chi connectivity index (χ3n) is 3.75. The topological polar surface area (TPSA) is 15.3 Å². The third-order valence-corrected chi connectivity index (χ3v) is 3.75. The van der Waals surface area contributed by atoms with Gasteiger partial charge < -0.3 is 5.32 Å². The van der Waals surface area contributed by atoms with E-state index in [1.54, 1.807) is 24.3 Å². The summed E-state index contributed by atoms with van der Waals surface area (Å²) in [7, 11) is 0. The van der Waals surface area contributed by atoms with Crippen LogP contribution in [0.15, 0.2) is 24.3 Å². The first kappa shape index (κ1) is 15.3. The summed E-state index contributed by atoms with van der Waals surface area (Å²) in [6, 6.07) is 5.36. The van der Waals surface area contributed by atoms with Crippen LogP contribution in [0.2, 0.25) is 0 Å². The molecule has 0 aliphatic carbocycles. The highest BCUT2D eigenvalue weighted by molar-refractivity contribution is 5.28. The monoisotopic (exact) mass is 286 g/mol. The Balaban J connectivity index is 2.26. The number of halogens is 3. The van der Waals surface area contributed by atoms with Crippen molar-refractivity contribution >= 4 is 0 Å². The van der Waals surface area contributed by atoms with Gasteiger partial charge in [-0.2, -0.15) is 13.2 Å². The van der Waals surface area contributed by atoms with E-state index in [0.717, 1.165) is 5.56 Å². The Morgan fingerprint density at radius 3 is 1.95 bits per heavy atom. The number of hydrogen-bond acceptors (Lipinski definition) is 2. The van der Waals surface area contributed by atoms with Crippen LogP contribution < -0.4 is 5.32 Å². The molecule has 0 radical (unpaired) electrons. The van der Waals surface area contributed by atoms with Crippen molar-refractivity contribution in [2.75, 3.05) is 26.2 Å². The van der Waals surface area contributed by atoms with Crippen LogP contribution >= 0.6 is 0 Å². The maximum atomic E-state index is 13.4. The van der Waals surface area contributed by atoms with E-state index in [9.17, 15) is 13.2 Å². The van der Waals surface area contributed by atoms with Crippen LogP contribution in [-0.4, -0.2) is 37.3 Å². The summed E-state index contributed by atoms with van der Waals surface area (Å²) >= 11 is 0. The molecule has 5 heteroatoms. The molecule has 2 nitrogen and oxygen atoms in total. The van der Waals surface area contributed by atoms with Crippen molar-refractivity contribution in [1.29, 1.82) is 0 Å². The molecule has 0 bridgehead atoms. The smallest absolute Gasteiger partial charge is 0.314 e. The first-order valence-corrected chi connectivity index (χ1v) is 7.01. The molecule has 1 aliphatic heterocycles. The molecule has 1 aliphatic rings. The Morgan fingerprint density at radius 2 is 1.50 bits per heavy atom. The third kappa shape index (κ3) is 3.52. The van der Waals surface area contributed by atoms with Crippen molar-refractivity contribution < 1.29 is 13.2 Å². The lowest BCUT2D eigenvalue weighted by molar-refractivity contribution is -0.187. The van der Waals surface area contributed by atoms with Crippen LogP contribution in [0, 0.1) is 0 Å². The molecule has 1 heterocycles. The molecule has 0 saturated carbocycles. The summed E-state index contributed by atoms with van der Waals surface area (Å²) in [4.78, 5) is 1.51. The van der Waals surface area contributed by atoms with Gasteiger partial charge in [0.1, 0.15) is 6.04 Å². The summed E-state index contributed by atoms with van der Waals surface area (Å²) < 4.78 is 40.2. The van der Waals surface area contributed by atoms with Gasteiger partial charge in [-0.05, 0) is 17.0 Å². The zero-order valence-corrected chi connectivity index (χ0v) is 11.9. The first-order valence-electron chi connectivity index (χ1n) is 7.01. The second-order valence-corrected chi connectivity index (χ2v) is 5.55. The zero-order chi connectivity index (χ0) is 14.8. The van der Waals surface area contributed by atoms with E-state index >= 15 is 0 Å². The first-order chi connectivity index (χ1) is 9.39. The summed E-state index contributed by atoms with van der Waals surface area (Å²) in [5.74, 6) is 0.326. The van der Waals surface area contributed by atoms with Crippen LogP contribution in [0.3, 0.4) is 0 Å². The number of hydrogen-bond donors (Lipinski definition) is 1. The van der Waals surface area contributed by atoms with E-state index in [1.165, 1.54) is 4.90 Å². The highest BCUT2D eigenvalue weighted by atomic mass is 19.4. The normalized spacial score (nSPS) is 19.3. The van der Waals surface area contributed by atoms with Crippen molar-refractivity contribution in [3.8, 4) is 0 Å². The van der Waals surface area contributed by atoms with Gasteiger partial charge in [0.25, 0.3) is 0 Å². The number of alkyl halides is 3. The molecule has 1 aromatic carbocycles. The minimum Gasteiger partial charge on any atom is -0.314 e. The van der Waals surface area contributed by atoms with Crippen molar-refractivity contribution in [1.82, 2.24) is 10.2 Å². The molecule has 0 unspecified atom stereocenters. The van der Waals surface area contributed by atoms with Gasteiger partial charge in [-0.25, -0.2) is 0 Å². The Labute approximate surface area is 118 Å². The summed E-state index contributed by atoms with van der Waals surface area (Å²) in [5.41, 5.74) is 1.40. The number of piperazine rings is 1. The molecular formula is C15H21F3N2. The Morgan fingerprint density at radius 1 is 1.00 bits per heavy atom. The molecule has 1 saturated heterocycles. The average molecular weight is 286 g/mol. The number of rotatable bonds is 3. The fraction of sp³-hybridized carbons (Fsp3) is 0.600. The SMILES string of the molecule is CC(C)c1ccc([C@H](N2CCNCC2)C(F)(F)F)cc1. The van der Waals surface area contributed by atoms with E-state index in [4.69, 9.17) is 0 Å². The van der Waals surface area contributed by atoms with Crippen LogP contribution in [0.25, 0.3) is 0 Å². The second-order valence-electron chi connectivity index (χ2n) is 5.55. The Kier molecular flexibility index (Phi) is 4.70. The van der Waals surface area contributed by atoms with Crippen LogP contribution in [0.4, 0.5) is 13.2 Å². The molecule has 1 N–H and O–H groups in total. The molecule has 0 spiro atoms. The van der Waals surface area contributed by atoms with E-state index in [1.807, 2.05) is 13.8 Å². The molecule has 1 atom stereocenters. The molecule has 2 rings (SSSR count). The van der Waals surface area contributed by atoms with Crippen LogP contribution in [-0.2, 0) is 0 Å². The summed E-state index contributed by atoms with van der Waals surface area (Å²) in [6.45, 7) is 6.14. The van der Waals surface area contributed by atoms with Gasteiger partial charge in [0.2, 0.25) is 0 Å². The number of nitrogens with one attached hydrogen (secondary N) is 1. The highest BCUT2D eigenvalue weighted by Gasteiger charge is 2.44. The predicted octanol–water partition coefficient (Wildman–Crippen LogP) is 3.32. The van der Waals surface area contributed by atoms with Gasteiger partial charge in [-0.3, -0.25) is 4.90 Å². The fourth-order valence-electron chi connectivity index (χ4n) is 2.61. The molecule has 112 valence electrons. The fourth-order valence-corrected chi connectivity index (χ4v) is 2.61. The largest absolute Gasteiger partial charge is 0.408 e. The van der Waals surface area contributed by atoms with Crippen LogP contribution in [0.5, 0.6) is 0 Å². The van der Waals surface area contributed by atoms with Crippen LogP contribution in [0.1, 0.15) is 36.9 Å². The van der Waals surface area contributed by atoms with Crippen molar-refractivity contribution in [3.63, 3.8) is 0 Å². The Bertz CT molecular complexity index is 420. The second kappa shape index (κ2) is 6.14. The lowest BCUT2D eigenvalue weighted by Gasteiger charge is -2.36. The lowest BCUT2D eigenvalue weighted by Crippen LogP contribution is -2.49. The number of benzene rings is 1. The molecule has 1 fully saturated rings. The molecule has 0 aromatic heterocycles. The standard InChI is InChI=1S/C15H21F3N2/c1-11(2)12-3-5-13(6-4-12)14(15(16,17)18)20-9-7-19-8-10-20/h3-6,11,14,19H,7-10H2,1-2H3/t14-/m0/s1. The van der Waals surface area contributed by atoms with Gasteiger partial charge in [-0.1, -0.05) is 38.1 Å². The van der Waals surface area contributed by atoms with E-state index in [0.29, 0.717) is 37.7 Å². The minimum atomic E-state index is -4.24. The predicted molar refractivity (Wildman–Crippen MR) is 73.8 cm³/mol. The summed E-state index contributed by atoms with van der Waals surface area (Å²) in [6.07, 6.45) is -4.24. The average Bonchev–Trinajstić information content (AvgIpc) is 2.39. The van der Waals surface area contributed by atoms with Crippen molar-refractivity contribution in [3.05, 3.63) is 35.4 Å². The Hall–Kier alpha value is -1.07. The molecule has 20 heavy (non-hydrogen) atoms. The molecule has 0 amide bonds. The minimum absolute atomic E-state index is 0.326.